The first kappa shape index (κ1) is 17.6. The minimum absolute atomic E-state index is 0.194. The van der Waals surface area contributed by atoms with E-state index >= 15 is 0 Å². The Hall–Kier alpha value is -2.18. The number of benzene rings is 1. The highest BCUT2D eigenvalue weighted by Crippen LogP contribution is 2.38. The molecule has 0 saturated carbocycles. The van der Waals surface area contributed by atoms with Crippen molar-refractivity contribution in [2.45, 2.75) is 46.8 Å². The average molecular weight is 342 g/mol. The van der Waals surface area contributed by atoms with E-state index < -0.39 is 0 Å². The predicted octanol–water partition coefficient (Wildman–Crippen LogP) is 3.49. The van der Waals surface area contributed by atoms with E-state index in [4.69, 9.17) is 15.5 Å². The minimum Gasteiger partial charge on any atom is -0.383 e. The number of nitrogens with zero attached hydrogens (tertiary/aromatic N) is 2. The summed E-state index contributed by atoms with van der Waals surface area (Å²) >= 11 is 0. The molecule has 6 heteroatoms. The molecule has 3 rings (SSSR count). The molecule has 1 aromatic carbocycles. The van der Waals surface area contributed by atoms with Crippen molar-refractivity contribution in [3.63, 3.8) is 0 Å². The van der Waals surface area contributed by atoms with Gasteiger partial charge in [-0.15, -0.1) is 0 Å². The van der Waals surface area contributed by atoms with Crippen LogP contribution in [0.2, 0.25) is 0 Å². The van der Waals surface area contributed by atoms with Crippen molar-refractivity contribution in [1.29, 1.82) is 0 Å². The molecule has 2 atom stereocenters. The molecular weight excluding hydrogens is 316 g/mol. The third kappa shape index (κ3) is 3.75. The first-order chi connectivity index (χ1) is 12.0. The molecule has 25 heavy (non-hydrogen) atoms. The molecule has 3 N–H and O–H groups in total. The molecule has 6 nitrogen and oxygen atoms in total. The van der Waals surface area contributed by atoms with E-state index in [1.54, 1.807) is 0 Å². The number of hydrogen-bond acceptors (Lipinski definition) is 6. The van der Waals surface area contributed by atoms with E-state index in [0.29, 0.717) is 24.3 Å². The smallest absolute Gasteiger partial charge is 0.225 e. The van der Waals surface area contributed by atoms with E-state index in [1.807, 2.05) is 13.8 Å². The zero-order valence-electron chi connectivity index (χ0n) is 15.3. The quantitative estimate of drug-likeness (QED) is 0.475. The summed E-state index contributed by atoms with van der Waals surface area (Å²) in [5, 5.41) is 3.48. The molecule has 1 heterocycles. The number of fused-ring (bicyclic) bond motifs is 1. The van der Waals surface area contributed by atoms with E-state index in [-0.39, 0.29) is 12.6 Å². The van der Waals surface area contributed by atoms with Crippen LogP contribution in [0, 0.1) is 19.8 Å². The minimum atomic E-state index is 0.194. The molecular formula is C19H26N4O2. The summed E-state index contributed by atoms with van der Waals surface area (Å²) in [6.45, 7) is 8.86. The second-order valence-corrected chi connectivity index (χ2v) is 6.67. The molecule has 134 valence electrons. The van der Waals surface area contributed by atoms with Crippen LogP contribution in [0.15, 0.2) is 18.2 Å². The van der Waals surface area contributed by atoms with Gasteiger partial charge in [-0.05, 0) is 44.2 Å². The molecule has 0 bridgehead atoms. The first-order valence-electron chi connectivity index (χ1n) is 8.73. The molecule has 0 saturated heterocycles. The Morgan fingerprint density at radius 2 is 2.04 bits per heavy atom. The van der Waals surface area contributed by atoms with Crippen LogP contribution in [0.25, 0.3) is 0 Å². The van der Waals surface area contributed by atoms with Crippen molar-refractivity contribution >= 4 is 11.8 Å². The van der Waals surface area contributed by atoms with Crippen LogP contribution in [-0.4, -0.2) is 16.6 Å². The first-order valence-corrected chi connectivity index (χ1v) is 8.73. The maximum atomic E-state index is 6.11. The van der Waals surface area contributed by atoms with E-state index in [2.05, 4.69) is 47.3 Å². The standard InChI is InChI=1S/C19H26N4O2/c1-5-24-25-10-16-13(4)21-19(23-18(16)20)22-17-12(3)9-14-7-6-11(2)8-15(14)17/h6-8,12,17H,5,9-10H2,1-4H3,(H3,20,21,22,23)/t12-,17+/m0/s1. The number of aryl methyl sites for hydroxylation is 2. The van der Waals surface area contributed by atoms with Gasteiger partial charge in [0.2, 0.25) is 5.95 Å². The molecule has 1 aromatic heterocycles. The van der Waals surface area contributed by atoms with Gasteiger partial charge in [0, 0.05) is 5.56 Å². The van der Waals surface area contributed by atoms with Crippen molar-refractivity contribution in [3.05, 3.63) is 46.1 Å². The molecule has 1 aliphatic rings. The fourth-order valence-corrected chi connectivity index (χ4v) is 3.37. The average Bonchev–Trinajstić information content (AvgIpc) is 2.86. The lowest BCUT2D eigenvalue weighted by atomic mass is 10.0. The molecule has 0 spiro atoms. The van der Waals surface area contributed by atoms with Crippen LogP contribution in [0.3, 0.4) is 0 Å². The normalized spacial score (nSPS) is 19.0. The maximum Gasteiger partial charge on any atom is 0.225 e. The molecule has 0 amide bonds. The third-order valence-electron chi connectivity index (χ3n) is 4.68. The van der Waals surface area contributed by atoms with Gasteiger partial charge in [-0.1, -0.05) is 30.7 Å². The molecule has 0 fully saturated rings. The topological polar surface area (TPSA) is 82.3 Å². The Kier molecular flexibility index (Phi) is 5.20. The third-order valence-corrected chi connectivity index (χ3v) is 4.68. The van der Waals surface area contributed by atoms with Crippen molar-refractivity contribution in [2.24, 2.45) is 5.92 Å². The van der Waals surface area contributed by atoms with Gasteiger partial charge in [-0.3, -0.25) is 0 Å². The van der Waals surface area contributed by atoms with Gasteiger partial charge in [0.25, 0.3) is 0 Å². The number of rotatable bonds is 6. The lowest BCUT2D eigenvalue weighted by molar-refractivity contribution is -0.300. The number of hydrogen-bond donors (Lipinski definition) is 2. The van der Waals surface area contributed by atoms with E-state index in [0.717, 1.165) is 17.7 Å². The Bertz CT molecular complexity index is 740. The lowest BCUT2D eigenvalue weighted by Gasteiger charge is -2.20. The summed E-state index contributed by atoms with van der Waals surface area (Å²) in [5.41, 5.74) is 11.6. The van der Waals surface area contributed by atoms with Gasteiger partial charge in [0.15, 0.2) is 0 Å². The fourth-order valence-electron chi connectivity index (χ4n) is 3.37. The molecule has 1 aliphatic carbocycles. The van der Waals surface area contributed by atoms with E-state index in [1.165, 1.54) is 16.7 Å². The summed E-state index contributed by atoms with van der Waals surface area (Å²) in [6.07, 6.45) is 1.06. The molecule has 2 aromatic rings. The van der Waals surface area contributed by atoms with Crippen LogP contribution in [0.4, 0.5) is 11.8 Å². The predicted molar refractivity (Wildman–Crippen MR) is 98.0 cm³/mol. The van der Waals surface area contributed by atoms with Crippen LogP contribution < -0.4 is 11.1 Å². The number of nitrogens with two attached hydrogens (primary N) is 1. The molecule has 0 aliphatic heterocycles. The second-order valence-electron chi connectivity index (χ2n) is 6.67. The van der Waals surface area contributed by atoms with Gasteiger partial charge in [0.1, 0.15) is 12.4 Å². The van der Waals surface area contributed by atoms with Gasteiger partial charge in [-0.25, -0.2) is 14.8 Å². The molecule has 0 unspecified atom stereocenters. The Morgan fingerprint density at radius 3 is 2.76 bits per heavy atom. The van der Waals surface area contributed by atoms with Crippen LogP contribution in [0.1, 0.15) is 47.8 Å². The highest BCUT2D eigenvalue weighted by molar-refractivity contribution is 5.49. The summed E-state index contributed by atoms with van der Waals surface area (Å²) in [7, 11) is 0. The Morgan fingerprint density at radius 1 is 1.24 bits per heavy atom. The van der Waals surface area contributed by atoms with Gasteiger partial charge < -0.3 is 11.1 Å². The number of aromatic nitrogens is 2. The van der Waals surface area contributed by atoms with Crippen molar-refractivity contribution in [1.82, 2.24) is 9.97 Å². The van der Waals surface area contributed by atoms with Crippen LogP contribution >= 0.6 is 0 Å². The van der Waals surface area contributed by atoms with Crippen molar-refractivity contribution < 1.29 is 9.78 Å². The SMILES string of the molecule is CCOOCc1c(C)nc(N[C@H]2c3cc(C)ccc3C[C@@H]2C)nc1N. The largest absolute Gasteiger partial charge is 0.383 e. The number of anilines is 2. The van der Waals surface area contributed by atoms with Gasteiger partial charge in [-0.2, -0.15) is 4.98 Å². The van der Waals surface area contributed by atoms with Crippen LogP contribution in [0.5, 0.6) is 0 Å². The second kappa shape index (κ2) is 7.37. The molecule has 0 radical (unpaired) electrons. The van der Waals surface area contributed by atoms with Gasteiger partial charge >= 0.3 is 0 Å². The van der Waals surface area contributed by atoms with Gasteiger partial charge in [0.05, 0.1) is 18.3 Å². The number of nitrogens with one attached hydrogen (secondary N) is 1. The summed E-state index contributed by atoms with van der Waals surface area (Å²) in [5.74, 6) is 1.45. The summed E-state index contributed by atoms with van der Waals surface area (Å²) < 4.78 is 0. The van der Waals surface area contributed by atoms with Crippen molar-refractivity contribution in [2.75, 3.05) is 17.7 Å². The summed E-state index contributed by atoms with van der Waals surface area (Å²) in [6, 6.07) is 6.83. The highest BCUT2D eigenvalue weighted by Gasteiger charge is 2.30. The van der Waals surface area contributed by atoms with E-state index in [9.17, 15) is 0 Å². The Labute approximate surface area is 148 Å². The van der Waals surface area contributed by atoms with Crippen LogP contribution in [-0.2, 0) is 22.8 Å². The van der Waals surface area contributed by atoms with Crippen molar-refractivity contribution in [3.8, 4) is 0 Å². The Balaban J connectivity index is 1.81. The monoisotopic (exact) mass is 342 g/mol. The highest BCUT2D eigenvalue weighted by atomic mass is 17.2. The zero-order chi connectivity index (χ0) is 18.0. The number of nitrogen functional groups attached to an aromatic ring is 1. The maximum absolute atomic E-state index is 6.11. The lowest BCUT2D eigenvalue weighted by Crippen LogP contribution is -2.18. The fraction of sp³-hybridized carbons (Fsp3) is 0.474. The zero-order valence-corrected chi connectivity index (χ0v) is 15.3. The summed E-state index contributed by atoms with van der Waals surface area (Å²) in [4.78, 5) is 19.0.